The molecule has 0 spiro atoms. The molecule has 260 valence electrons. The van der Waals surface area contributed by atoms with Gasteiger partial charge in [0.2, 0.25) is 0 Å². The molecular weight excluding hydrogens is 625 g/mol. The number of rotatable bonds is 8. The van der Waals surface area contributed by atoms with Gasteiger partial charge in [-0.3, -0.25) is 4.57 Å². The smallest absolute Gasteiger partial charge is 0.137 e. The van der Waals surface area contributed by atoms with Crippen molar-refractivity contribution in [3.8, 4) is 34.1 Å². The summed E-state index contributed by atoms with van der Waals surface area (Å²) in [6, 6.07) is 30.5. The van der Waals surface area contributed by atoms with Crippen molar-refractivity contribution in [1.29, 1.82) is 0 Å². The third-order valence-corrected chi connectivity index (χ3v) is 10.3. The molecule has 0 fully saturated rings. The summed E-state index contributed by atoms with van der Waals surface area (Å²) in [5.74, 6) is 2.87. The number of ether oxygens (including phenoxy) is 1. The summed E-state index contributed by atoms with van der Waals surface area (Å²) in [5, 5.41) is 7.55. The first-order valence-corrected chi connectivity index (χ1v) is 18.4. The van der Waals surface area contributed by atoms with Gasteiger partial charge in [0.25, 0.3) is 0 Å². The van der Waals surface area contributed by atoms with Gasteiger partial charge in [0, 0.05) is 40.4 Å². The van der Waals surface area contributed by atoms with Crippen LogP contribution < -0.4 is 4.74 Å². The zero-order valence-corrected chi connectivity index (χ0v) is 31.8. The van der Waals surface area contributed by atoms with Crippen molar-refractivity contribution in [3.63, 3.8) is 0 Å². The SMILES string of the molecule is CCc1cc(C)cc(CC)c1-c1c(C)nn(-c2cc(Oc3ccc4c5ccccc5n(-c5cc(C(C)C)ccn5)c4c3)cc(C(C)(C)C)c2)c1C. The second kappa shape index (κ2) is 13.2. The average Bonchev–Trinajstić information content (AvgIpc) is 3.59. The third-order valence-electron chi connectivity index (χ3n) is 10.3. The van der Waals surface area contributed by atoms with E-state index in [0.29, 0.717) is 5.92 Å². The number of aromatic nitrogens is 4. The molecule has 7 aromatic rings. The lowest BCUT2D eigenvalue weighted by Crippen LogP contribution is -2.12. The van der Waals surface area contributed by atoms with Gasteiger partial charge < -0.3 is 4.74 Å². The van der Waals surface area contributed by atoms with Crippen molar-refractivity contribution >= 4 is 21.8 Å². The Balaban J connectivity index is 1.36. The van der Waals surface area contributed by atoms with E-state index in [0.717, 1.165) is 58.3 Å². The highest BCUT2D eigenvalue weighted by atomic mass is 16.5. The lowest BCUT2D eigenvalue weighted by molar-refractivity contribution is 0.478. The van der Waals surface area contributed by atoms with Crippen molar-refractivity contribution in [2.24, 2.45) is 0 Å². The van der Waals surface area contributed by atoms with Gasteiger partial charge >= 0.3 is 0 Å². The van der Waals surface area contributed by atoms with Crippen LogP contribution in [0.4, 0.5) is 0 Å². The van der Waals surface area contributed by atoms with E-state index in [9.17, 15) is 0 Å². The number of nitrogens with zero attached hydrogens (tertiary/aromatic N) is 4. The van der Waals surface area contributed by atoms with Crippen LogP contribution in [-0.2, 0) is 18.3 Å². The molecule has 0 bridgehead atoms. The molecule has 0 aliphatic heterocycles. The predicted molar refractivity (Wildman–Crippen MR) is 213 cm³/mol. The molecule has 0 amide bonds. The summed E-state index contributed by atoms with van der Waals surface area (Å²) in [4.78, 5) is 4.84. The van der Waals surface area contributed by atoms with E-state index in [1.54, 1.807) is 0 Å². The predicted octanol–water partition coefficient (Wildman–Crippen LogP) is 12.3. The minimum atomic E-state index is -0.0990. The molecule has 4 aromatic carbocycles. The van der Waals surface area contributed by atoms with E-state index in [1.165, 1.54) is 49.7 Å². The van der Waals surface area contributed by atoms with Crippen LogP contribution in [0.2, 0.25) is 0 Å². The van der Waals surface area contributed by atoms with E-state index in [4.69, 9.17) is 14.8 Å². The second-order valence-electron chi connectivity index (χ2n) is 15.3. The molecule has 0 aliphatic rings. The van der Waals surface area contributed by atoms with Crippen molar-refractivity contribution in [2.75, 3.05) is 0 Å². The Kier molecular flexibility index (Phi) is 8.87. The minimum absolute atomic E-state index is 0.0990. The zero-order chi connectivity index (χ0) is 36.2. The highest BCUT2D eigenvalue weighted by Crippen LogP contribution is 2.39. The Hall–Kier alpha value is -5.16. The number of aryl methyl sites for hydroxylation is 4. The van der Waals surface area contributed by atoms with Crippen LogP contribution in [0, 0.1) is 20.8 Å². The van der Waals surface area contributed by atoms with Gasteiger partial charge in [0.1, 0.15) is 17.3 Å². The maximum atomic E-state index is 6.81. The van der Waals surface area contributed by atoms with Gasteiger partial charge in [0.15, 0.2) is 0 Å². The van der Waals surface area contributed by atoms with Crippen molar-refractivity contribution < 1.29 is 4.74 Å². The highest BCUT2D eigenvalue weighted by Gasteiger charge is 2.23. The Morgan fingerprint density at radius 3 is 2.12 bits per heavy atom. The normalized spacial score (nSPS) is 12.1. The molecule has 51 heavy (non-hydrogen) atoms. The first-order chi connectivity index (χ1) is 24.4. The Morgan fingerprint density at radius 2 is 1.43 bits per heavy atom. The first kappa shape index (κ1) is 34.3. The molecule has 5 heteroatoms. The Bertz CT molecular complexity index is 2390. The standard InChI is InChI=1S/C46H50N4O/c1-11-32-21-29(5)22-33(12-2)45(32)44-30(6)48-50(31(44)7)36-24-35(46(8,9)10)25-38(26-36)51-37-17-18-40-39-15-13-14-16-41(39)49(42(40)27-37)43-23-34(28(3)4)19-20-47-43/h13-28H,11-12H2,1-10H3. The molecule has 0 saturated carbocycles. The molecule has 0 radical (unpaired) electrons. The van der Waals surface area contributed by atoms with Gasteiger partial charge in [-0.2, -0.15) is 5.10 Å². The number of benzene rings is 4. The summed E-state index contributed by atoms with van der Waals surface area (Å²) in [5.41, 5.74) is 14.4. The number of para-hydroxylation sites is 1. The maximum absolute atomic E-state index is 6.81. The molecule has 3 aromatic heterocycles. The number of pyridine rings is 1. The molecule has 0 saturated heterocycles. The molecule has 5 nitrogen and oxygen atoms in total. The van der Waals surface area contributed by atoms with Gasteiger partial charge in [-0.15, -0.1) is 0 Å². The number of hydrogen-bond donors (Lipinski definition) is 0. The Morgan fingerprint density at radius 1 is 0.725 bits per heavy atom. The van der Waals surface area contributed by atoms with Crippen LogP contribution in [0.3, 0.4) is 0 Å². The molecule has 7 rings (SSSR count). The molecule has 3 heterocycles. The van der Waals surface area contributed by atoms with E-state index in [2.05, 4.69) is 163 Å². The topological polar surface area (TPSA) is 44.9 Å². The van der Waals surface area contributed by atoms with E-state index >= 15 is 0 Å². The van der Waals surface area contributed by atoms with Crippen molar-refractivity contribution in [1.82, 2.24) is 19.3 Å². The Labute approximate surface area is 302 Å². The van der Waals surface area contributed by atoms with Gasteiger partial charge in [-0.25, -0.2) is 9.67 Å². The van der Waals surface area contributed by atoms with Crippen molar-refractivity contribution in [3.05, 3.63) is 130 Å². The summed E-state index contributed by atoms with van der Waals surface area (Å²) >= 11 is 0. The van der Waals surface area contributed by atoms with Crippen LogP contribution in [0.5, 0.6) is 11.5 Å². The largest absolute Gasteiger partial charge is 0.457 e. The van der Waals surface area contributed by atoms with Crippen LogP contribution in [0.1, 0.15) is 93.6 Å². The molecule has 0 unspecified atom stereocenters. The van der Waals surface area contributed by atoms with Crippen LogP contribution in [0.15, 0.2) is 91.1 Å². The summed E-state index contributed by atoms with van der Waals surface area (Å²) in [6.07, 6.45) is 3.88. The minimum Gasteiger partial charge on any atom is -0.457 e. The fraction of sp³-hybridized carbons (Fsp3) is 0.304. The van der Waals surface area contributed by atoms with Gasteiger partial charge in [-0.05, 0) is 115 Å². The van der Waals surface area contributed by atoms with Gasteiger partial charge in [-0.1, -0.05) is 84.4 Å². The second-order valence-corrected chi connectivity index (χ2v) is 15.3. The molecular formula is C46H50N4O. The quantitative estimate of drug-likeness (QED) is 0.161. The fourth-order valence-corrected chi connectivity index (χ4v) is 7.59. The maximum Gasteiger partial charge on any atom is 0.137 e. The van der Waals surface area contributed by atoms with E-state index in [1.807, 2.05) is 6.20 Å². The van der Waals surface area contributed by atoms with Crippen molar-refractivity contribution in [2.45, 2.75) is 93.4 Å². The lowest BCUT2D eigenvalue weighted by Gasteiger charge is -2.22. The fourth-order valence-electron chi connectivity index (χ4n) is 7.59. The zero-order valence-electron chi connectivity index (χ0n) is 31.8. The molecule has 0 aliphatic carbocycles. The van der Waals surface area contributed by atoms with Crippen LogP contribution >= 0.6 is 0 Å². The van der Waals surface area contributed by atoms with Crippen LogP contribution in [-0.4, -0.2) is 19.3 Å². The lowest BCUT2D eigenvalue weighted by atomic mass is 9.86. The number of hydrogen-bond acceptors (Lipinski definition) is 3. The molecule has 0 atom stereocenters. The van der Waals surface area contributed by atoms with E-state index < -0.39 is 0 Å². The monoisotopic (exact) mass is 674 g/mol. The number of fused-ring (bicyclic) bond motifs is 3. The summed E-state index contributed by atoms with van der Waals surface area (Å²) in [7, 11) is 0. The third kappa shape index (κ3) is 6.24. The summed E-state index contributed by atoms with van der Waals surface area (Å²) in [6.45, 7) is 22.2. The molecule has 0 N–H and O–H groups in total. The highest BCUT2D eigenvalue weighted by molar-refractivity contribution is 6.09. The van der Waals surface area contributed by atoms with Gasteiger partial charge in [0.05, 0.1) is 22.4 Å². The van der Waals surface area contributed by atoms with Crippen LogP contribution in [0.25, 0.3) is 44.4 Å². The average molecular weight is 675 g/mol. The van der Waals surface area contributed by atoms with E-state index in [-0.39, 0.29) is 5.41 Å². The first-order valence-electron chi connectivity index (χ1n) is 18.4. The summed E-state index contributed by atoms with van der Waals surface area (Å²) < 4.78 is 11.2.